The number of likely N-dealkylation sites (N-methyl/N-ethyl adjacent to an activating group) is 1. The highest BCUT2D eigenvalue weighted by Crippen LogP contribution is 2.38. The average Bonchev–Trinajstić information content (AvgIpc) is 3.13. The van der Waals surface area contributed by atoms with Crippen molar-refractivity contribution in [2.75, 3.05) is 6.54 Å². The number of carboxylic acid groups (broad SMARTS) is 1. The van der Waals surface area contributed by atoms with Gasteiger partial charge in [0.2, 0.25) is 0 Å². The maximum absolute atomic E-state index is 13.0. The number of aromatic carboxylic acids is 1. The van der Waals surface area contributed by atoms with Crippen molar-refractivity contribution in [3.8, 4) is 5.75 Å². The predicted octanol–water partition coefficient (Wildman–Crippen LogP) is 7.55. The van der Waals surface area contributed by atoms with Crippen LogP contribution >= 0.6 is 46.6 Å². The van der Waals surface area contributed by atoms with Crippen molar-refractivity contribution >= 4 is 75.4 Å². The number of carboxylic acids is 1. The normalized spacial score (nSPS) is 15.7. The molecule has 1 heterocycles. The van der Waals surface area contributed by atoms with E-state index in [4.69, 9.17) is 44.6 Å². The van der Waals surface area contributed by atoms with Gasteiger partial charge in [0.1, 0.15) is 6.61 Å². The second kappa shape index (κ2) is 11.4. The van der Waals surface area contributed by atoms with Crippen molar-refractivity contribution in [1.29, 1.82) is 0 Å². The molecule has 36 heavy (non-hydrogen) atoms. The van der Waals surface area contributed by atoms with Crippen molar-refractivity contribution in [3.05, 3.63) is 97.3 Å². The van der Waals surface area contributed by atoms with Gasteiger partial charge in [-0.3, -0.25) is 9.69 Å². The van der Waals surface area contributed by atoms with E-state index in [1.807, 2.05) is 19.1 Å². The van der Waals surface area contributed by atoms with Crippen LogP contribution in [0.25, 0.3) is 6.08 Å². The molecule has 0 radical (unpaired) electrons. The minimum atomic E-state index is -1.02. The zero-order valence-electron chi connectivity index (χ0n) is 18.9. The maximum atomic E-state index is 13.0. The Morgan fingerprint density at radius 1 is 1.06 bits per heavy atom. The van der Waals surface area contributed by atoms with Crippen LogP contribution in [0.15, 0.2) is 70.6 Å². The number of hydrogen-bond acceptors (Lipinski definition) is 5. The smallest absolute Gasteiger partial charge is 0.335 e. The molecule has 0 bridgehead atoms. The van der Waals surface area contributed by atoms with Crippen LogP contribution in [0.4, 0.5) is 5.69 Å². The SMILES string of the molecule is CCN1C(=O)/C(=C/c2cc(Cl)c(OCc3ccc(Cl)cc3)c(Cl)c2)SC1=Nc1ccc(C(=O)O)cc1. The summed E-state index contributed by atoms with van der Waals surface area (Å²) in [5, 5.41) is 10.8. The van der Waals surface area contributed by atoms with E-state index in [1.54, 1.807) is 47.4 Å². The Labute approximate surface area is 227 Å². The van der Waals surface area contributed by atoms with Crippen molar-refractivity contribution in [3.63, 3.8) is 0 Å². The molecule has 1 aliphatic rings. The number of aliphatic imine (C=N–C) groups is 1. The van der Waals surface area contributed by atoms with Gasteiger partial charge < -0.3 is 9.84 Å². The number of benzene rings is 3. The summed E-state index contributed by atoms with van der Waals surface area (Å²) in [4.78, 5) is 30.6. The molecule has 10 heteroatoms. The standard InChI is InChI=1S/C26H19Cl3N2O4S/c1-2-31-24(32)22(36-26(31)30-19-9-5-17(6-10-19)25(33)34)13-16-11-20(28)23(21(29)12-16)35-14-15-3-7-18(27)8-4-15/h3-13H,2,14H2,1H3,(H,33,34)/b22-13-,30-26?. The number of nitrogens with zero attached hydrogens (tertiary/aromatic N) is 2. The fourth-order valence-electron chi connectivity index (χ4n) is 3.35. The third kappa shape index (κ3) is 6.05. The first-order valence-electron chi connectivity index (χ1n) is 10.7. The lowest BCUT2D eigenvalue weighted by Crippen LogP contribution is -2.28. The summed E-state index contributed by atoms with van der Waals surface area (Å²) in [5.74, 6) is -0.861. The van der Waals surface area contributed by atoms with E-state index < -0.39 is 5.97 Å². The lowest BCUT2D eigenvalue weighted by atomic mass is 10.2. The molecule has 1 aliphatic heterocycles. The Hall–Kier alpha value is -2.97. The molecular weight excluding hydrogens is 543 g/mol. The average molecular weight is 562 g/mol. The molecule has 1 N–H and O–H groups in total. The molecule has 4 rings (SSSR count). The largest absolute Gasteiger partial charge is 0.486 e. The molecule has 3 aromatic carbocycles. The Kier molecular flexibility index (Phi) is 8.26. The molecule has 6 nitrogen and oxygen atoms in total. The van der Waals surface area contributed by atoms with E-state index in [0.717, 1.165) is 5.56 Å². The number of ether oxygens (including phenoxy) is 1. The van der Waals surface area contributed by atoms with Gasteiger partial charge in [-0.25, -0.2) is 9.79 Å². The van der Waals surface area contributed by atoms with Crippen LogP contribution in [0, 0.1) is 0 Å². The van der Waals surface area contributed by atoms with Gasteiger partial charge >= 0.3 is 5.97 Å². The monoisotopic (exact) mass is 560 g/mol. The summed E-state index contributed by atoms with van der Waals surface area (Å²) < 4.78 is 5.82. The Morgan fingerprint density at radius 3 is 2.28 bits per heavy atom. The number of carbonyl (C=O) groups is 2. The van der Waals surface area contributed by atoms with E-state index in [1.165, 1.54) is 23.9 Å². The van der Waals surface area contributed by atoms with E-state index in [-0.39, 0.29) is 18.1 Å². The van der Waals surface area contributed by atoms with Gasteiger partial charge in [-0.2, -0.15) is 0 Å². The maximum Gasteiger partial charge on any atom is 0.335 e. The summed E-state index contributed by atoms with van der Waals surface area (Å²) in [6.45, 7) is 2.54. The quantitative estimate of drug-likeness (QED) is 0.301. The number of halogens is 3. The van der Waals surface area contributed by atoms with E-state index in [0.29, 0.717) is 48.7 Å². The van der Waals surface area contributed by atoms with Crippen LogP contribution in [0.3, 0.4) is 0 Å². The Morgan fingerprint density at radius 2 is 1.69 bits per heavy atom. The van der Waals surface area contributed by atoms with E-state index in [9.17, 15) is 9.59 Å². The van der Waals surface area contributed by atoms with Crippen molar-refractivity contribution in [1.82, 2.24) is 4.90 Å². The van der Waals surface area contributed by atoms with Gasteiger partial charge in [0.15, 0.2) is 10.9 Å². The predicted molar refractivity (Wildman–Crippen MR) is 146 cm³/mol. The zero-order valence-corrected chi connectivity index (χ0v) is 22.0. The summed E-state index contributed by atoms with van der Waals surface area (Å²) in [6, 6.07) is 16.7. The van der Waals surface area contributed by atoms with Crippen LogP contribution < -0.4 is 4.74 Å². The van der Waals surface area contributed by atoms with Crippen molar-refractivity contribution < 1.29 is 19.4 Å². The lowest BCUT2D eigenvalue weighted by Gasteiger charge is -2.12. The number of carbonyl (C=O) groups excluding carboxylic acids is 1. The van der Waals surface area contributed by atoms with Gasteiger partial charge in [0.05, 0.1) is 26.2 Å². The van der Waals surface area contributed by atoms with Crippen LogP contribution in [0.1, 0.15) is 28.4 Å². The fraction of sp³-hybridized carbons (Fsp3) is 0.115. The first-order valence-corrected chi connectivity index (χ1v) is 12.7. The van der Waals surface area contributed by atoms with Crippen molar-refractivity contribution in [2.24, 2.45) is 4.99 Å². The number of rotatable bonds is 7. The summed E-state index contributed by atoms with van der Waals surface area (Å²) in [7, 11) is 0. The van der Waals surface area contributed by atoms with Crippen LogP contribution in [-0.4, -0.2) is 33.6 Å². The topological polar surface area (TPSA) is 79.2 Å². The number of hydrogen-bond donors (Lipinski definition) is 1. The molecule has 184 valence electrons. The molecule has 1 saturated heterocycles. The van der Waals surface area contributed by atoms with E-state index in [2.05, 4.69) is 4.99 Å². The molecule has 0 unspecified atom stereocenters. The van der Waals surface area contributed by atoms with Gasteiger partial charge in [-0.15, -0.1) is 0 Å². The molecule has 0 aliphatic carbocycles. The molecule has 3 aromatic rings. The highest BCUT2D eigenvalue weighted by Gasteiger charge is 2.32. The Balaban J connectivity index is 1.54. The van der Waals surface area contributed by atoms with Crippen LogP contribution in [0.2, 0.25) is 15.1 Å². The Bertz CT molecular complexity index is 1350. The lowest BCUT2D eigenvalue weighted by molar-refractivity contribution is -0.122. The highest BCUT2D eigenvalue weighted by atomic mass is 35.5. The number of thioether (sulfide) groups is 1. The summed E-state index contributed by atoms with van der Waals surface area (Å²) in [6.07, 6.45) is 1.70. The first kappa shape index (κ1) is 26.1. The minimum absolute atomic E-state index is 0.163. The highest BCUT2D eigenvalue weighted by molar-refractivity contribution is 8.18. The van der Waals surface area contributed by atoms with E-state index >= 15 is 0 Å². The third-order valence-electron chi connectivity index (χ3n) is 5.16. The molecule has 0 saturated carbocycles. The van der Waals surface area contributed by atoms with Crippen LogP contribution in [0.5, 0.6) is 5.75 Å². The minimum Gasteiger partial charge on any atom is -0.486 e. The molecule has 0 atom stereocenters. The molecular formula is C26H19Cl3N2O4S. The molecule has 0 spiro atoms. The number of amides is 1. The molecule has 0 aromatic heterocycles. The van der Waals surface area contributed by atoms with Gasteiger partial charge in [-0.1, -0.05) is 46.9 Å². The second-order valence-corrected chi connectivity index (χ2v) is 9.90. The summed E-state index contributed by atoms with van der Waals surface area (Å²) >= 11 is 20.0. The van der Waals surface area contributed by atoms with Gasteiger partial charge in [-0.05, 0) is 84.4 Å². The third-order valence-corrected chi connectivity index (χ3v) is 6.98. The fourth-order valence-corrected chi connectivity index (χ4v) is 5.15. The molecule has 1 amide bonds. The van der Waals surface area contributed by atoms with Crippen LogP contribution in [-0.2, 0) is 11.4 Å². The summed E-state index contributed by atoms with van der Waals surface area (Å²) in [5.41, 5.74) is 2.26. The molecule has 1 fully saturated rings. The zero-order chi connectivity index (χ0) is 25.8. The van der Waals surface area contributed by atoms with Gasteiger partial charge in [0, 0.05) is 11.6 Å². The van der Waals surface area contributed by atoms with Crippen molar-refractivity contribution in [2.45, 2.75) is 13.5 Å². The number of amidine groups is 1. The van der Waals surface area contributed by atoms with Gasteiger partial charge in [0.25, 0.3) is 5.91 Å². The second-order valence-electron chi connectivity index (χ2n) is 7.64. The first-order chi connectivity index (χ1) is 17.2.